The molecule has 0 aliphatic rings. The summed E-state index contributed by atoms with van der Waals surface area (Å²) < 4.78 is 28.0. The molecule has 26 heavy (non-hydrogen) atoms. The van der Waals surface area contributed by atoms with Crippen molar-refractivity contribution in [3.8, 4) is 17.3 Å². The van der Waals surface area contributed by atoms with Crippen LogP contribution < -0.4 is 5.32 Å². The topological polar surface area (TPSA) is 74.5 Å². The van der Waals surface area contributed by atoms with Crippen molar-refractivity contribution in [2.24, 2.45) is 0 Å². The normalized spacial score (nSPS) is 11.0. The van der Waals surface area contributed by atoms with Gasteiger partial charge in [0.05, 0.1) is 23.4 Å². The number of benzene rings is 2. The third-order valence-corrected chi connectivity index (χ3v) is 3.90. The molecule has 0 amide bonds. The highest BCUT2D eigenvalue weighted by atomic mass is 19.1. The van der Waals surface area contributed by atoms with Crippen molar-refractivity contribution in [3.05, 3.63) is 71.4 Å². The molecule has 1 heterocycles. The molecule has 7 heteroatoms. The lowest BCUT2D eigenvalue weighted by molar-refractivity contribution is 0.529. The van der Waals surface area contributed by atoms with Crippen molar-refractivity contribution >= 4 is 5.95 Å². The van der Waals surface area contributed by atoms with Crippen LogP contribution in [0.3, 0.4) is 0 Å². The summed E-state index contributed by atoms with van der Waals surface area (Å²) in [6.45, 7) is 3.58. The summed E-state index contributed by atoms with van der Waals surface area (Å²) in [5, 5.41) is 19.9. The van der Waals surface area contributed by atoms with Crippen LogP contribution in [0.1, 0.15) is 25.0 Å². The number of nitriles is 1. The van der Waals surface area contributed by atoms with Crippen LogP contribution in [0.25, 0.3) is 11.3 Å². The van der Waals surface area contributed by atoms with Gasteiger partial charge in [-0.1, -0.05) is 18.2 Å². The first-order chi connectivity index (χ1) is 12.4. The van der Waals surface area contributed by atoms with E-state index in [-0.39, 0.29) is 23.0 Å². The van der Waals surface area contributed by atoms with Gasteiger partial charge < -0.3 is 5.32 Å². The lowest BCUT2D eigenvalue weighted by atomic mass is 9.94. The van der Waals surface area contributed by atoms with Gasteiger partial charge in [-0.3, -0.25) is 0 Å². The van der Waals surface area contributed by atoms with Crippen LogP contribution in [-0.2, 0) is 5.54 Å². The zero-order valence-electron chi connectivity index (χ0n) is 14.2. The molecule has 0 atom stereocenters. The van der Waals surface area contributed by atoms with Gasteiger partial charge in [-0.2, -0.15) is 5.26 Å². The molecule has 0 aliphatic carbocycles. The van der Waals surface area contributed by atoms with Crippen molar-refractivity contribution in [3.63, 3.8) is 0 Å². The van der Waals surface area contributed by atoms with Gasteiger partial charge in [-0.25, -0.2) is 13.8 Å². The number of aromatic nitrogens is 3. The third kappa shape index (κ3) is 3.49. The Balaban J connectivity index is 1.87. The molecule has 1 aromatic heterocycles. The minimum absolute atomic E-state index is 0.143. The van der Waals surface area contributed by atoms with E-state index in [0.717, 1.165) is 0 Å². The number of anilines is 1. The van der Waals surface area contributed by atoms with Gasteiger partial charge in [-0.05, 0) is 38.1 Å². The van der Waals surface area contributed by atoms with Crippen LogP contribution in [0.2, 0.25) is 0 Å². The van der Waals surface area contributed by atoms with E-state index in [1.807, 2.05) is 6.07 Å². The van der Waals surface area contributed by atoms with Crippen LogP contribution >= 0.6 is 0 Å². The van der Waals surface area contributed by atoms with Crippen molar-refractivity contribution in [2.45, 2.75) is 19.4 Å². The molecule has 5 nitrogen and oxygen atoms in total. The molecule has 0 fully saturated rings. The Morgan fingerprint density at radius 3 is 2.46 bits per heavy atom. The summed E-state index contributed by atoms with van der Waals surface area (Å²) in [5.41, 5.74) is 0.338. The van der Waals surface area contributed by atoms with Crippen LogP contribution in [0.5, 0.6) is 0 Å². The van der Waals surface area contributed by atoms with E-state index in [4.69, 9.17) is 5.26 Å². The number of nitrogens with one attached hydrogen (secondary N) is 1. The predicted octanol–water partition coefficient (Wildman–Crippen LogP) is 4.04. The van der Waals surface area contributed by atoms with Gasteiger partial charge in [-0.15, -0.1) is 10.2 Å². The molecule has 0 unspecified atom stereocenters. The first-order valence-corrected chi connectivity index (χ1v) is 7.83. The van der Waals surface area contributed by atoms with Gasteiger partial charge in [0, 0.05) is 11.1 Å². The molecule has 2 aromatic carbocycles. The molecule has 130 valence electrons. The lowest BCUT2D eigenvalue weighted by Gasteiger charge is -2.27. The van der Waals surface area contributed by atoms with Crippen LogP contribution in [0, 0.1) is 23.0 Å². The van der Waals surface area contributed by atoms with E-state index in [9.17, 15) is 8.78 Å². The predicted molar refractivity (Wildman–Crippen MR) is 93.0 cm³/mol. The summed E-state index contributed by atoms with van der Waals surface area (Å²) in [6, 6.07) is 12.3. The molecule has 3 rings (SSSR count). The molecule has 1 N–H and O–H groups in total. The number of halogens is 2. The Hall–Kier alpha value is -3.40. The number of hydrogen-bond acceptors (Lipinski definition) is 5. The van der Waals surface area contributed by atoms with E-state index < -0.39 is 11.4 Å². The first kappa shape index (κ1) is 17.4. The smallest absolute Gasteiger partial charge is 0.243 e. The summed E-state index contributed by atoms with van der Waals surface area (Å²) in [5.74, 6) is -0.684. The van der Waals surface area contributed by atoms with E-state index in [1.54, 1.807) is 32.0 Å². The van der Waals surface area contributed by atoms with Crippen molar-refractivity contribution < 1.29 is 8.78 Å². The molecule has 0 spiro atoms. The molecule has 0 bridgehead atoms. The zero-order chi connectivity index (χ0) is 18.7. The maximum absolute atomic E-state index is 14.0. The molecule has 0 radical (unpaired) electrons. The summed E-state index contributed by atoms with van der Waals surface area (Å²) >= 11 is 0. The van der Waals surface area contributed by atoms with Crippen molar-refractivity contribution in [2.75, 3.05) is 5.32 Å². The summed E-state index contributed by atoms with van der Waals surface area (Å²) in [4.78, 5) is 4.14. The molecule has 3 aromatic rings. The van der Waals surface area contributed by atoms with Gasteiger partial charge in [0.1, 0.15) is 17.3 Å². The second-order valence-corrected chi connectivity index (χ2v) is 6.20. The first-order valence-electron chi connectivity index (χ1n) is 7.83. The maximum atomic E-state index is 14.0. The van der Waals surface area contributed by atoms with E-state index in [1.165, 1.54) is 30.5 Å². The average molecular weight is 351 g/mol. The van der Waals surface area contributed by atoms with Gasteiger partial charge in [0.2, 0.25) is 5.95 Å². The van der Waals surface area contributed by atoms with Crippen LogP contribution in [0.4, 0.5) is 14.7 Å². The number of rotatable bonds is 4. The second kappa shape index (κ2) is 6.84. The van der Waals surface area contributed by atoms with Gasteiger partial charge in [0.15, 0.2) is 0 Å². The Morgan fingerprint density at radius 1 is 1.04 bits per heavy atom. The fourth-order valence-electron chi connectivity index (χ4n) is 2.56. The molecule has 0 saturated heterocycles. The largest absolute Gasteiger partial charge is 0.344 e. The van der Waals surface area contributed by atoms with E-state index in [0.29, 0.717) is 11.1 Å². The minimum atomic E-state index is -0.777. The fraction of sp³-hybridized carbons (Fsp3) is 0.158. The summed E-state index contributed by atoms with van der Waals surface area (Å²) in [6.07, 6.45) is 1.35. The maximum Gasteiger partial charge on any atom is 0.243 e. The highest BCUT2D eigenvalue weighted by Gasteiger charge is 2.24. The molecular weight excluding hydrogens is 336 g/mol. The summed E-state index contributed by atoms with van der Waals surface area (Å²) in [7, 11) is 0. The second-order valence-electron chi connectivity index (χ2n) is 6.20. The quantitative estimate of drug-likeness (QED) is 0.768. The SMILES string of the molecule is CC(C)(Nc1ncc(-c2cc(C#N)ccc2F)nn1)c1ccccc1F. The number of nitrogens with zero attached hydrogens (tertiary/aromatic N) is 4. The van der Waals surface area contributed by atoms with Crippen molar-refractivity contribution in [1.29, 1.82) is 5.26 Å². The number of hydrogen-bond donors (Lipinski definition) is 1. The van der Waals surface area contributed by atoms with E-state index >= 15 is 0 Å². The Morgan fingerprint density at radius 2 is 1.81 bits per heavy atom. The zero-order valence-corrected chi connectivity index (χ0v) is 14.2. The lowest BCUT2D eigenvalue weighted by Crippen LogP contribution is -2.30. The molecule has 0 saturated carbocycles. The Labute approximate surface area is 149 Å². The highest BCUT2D eigenvalue weighted by Crippen LogP contribution is 2.27. The molecular formula is C19H15F2N5. The van der Waals surface area contributed by atoms with E-state index in [2.05, 4.69) is 20.5 Å². The van der Waals surface area contributed by atoms with Gasteiger partial charge >= 0.3 is 0 Å². The Kier molecular flexibility index (Phi) is 4.59. The standard InChI is InChI=1S/C19H15F2N5/c1-19(2,14-5-3-4-6-16(14)21)24-18-23-11-17(25-26-18)13-9-12(10-22)7-8-15(13)20/h3-9,11H,1-2H3,(H,23,24,26). The minimum Gasteiger partial charge on any atom is -0.344 e. The molecule has 0 aliphatic heterocycles. The average Bonchev–Trinajstić information content (AvgIpc) is 2.63. The van der Waals surface area contributed by atoms with Crippen LogP contribution in [0.15, 0.2) is 48.7 Å². The van der Waals surface area contributed by atoms with Crippen molar-refractivity contribution in [1.82, 2.24) is 15.2 Å². The van der Waals surface area contributed by atoms with Crippen LogP contribution in [-0.4, -0.2) is 15.2 Å². The Bertz CT molecular complexity index is 978. The monoisotopic (exact) mass is 351 g/mol. The third-order valence-electron chi connectivity index (χ3n) is 3.90. The highest BCUT2D eigenvalue weighted by molar-refractivity contribution is 5.61. The van der Waals surface area contributed by atoms with Gasteiger partial charge in [0.25, 0.3) is 0 Å². The fourth-order valence-corrected chi connectivity index (χ4v) is 2.56.